The molecule has 0 radical (unpaired) electrons. The van der Waals surface area contributed by atoms with Crippen molar-refractivity contribution in [3.05, 3.63) is 79.0 Å². The van der Waals surface area contributed by atoms with Gasteiger partial charge >= 0.3 is 0 Å². The average Bonchev–Trinajstić information content (AvgIpc) is 3.44. The molecule has 0 saturated heterocycles. The number of H-pyrrole nitrogens is 2. The van der Waals surface area contributed by atoms with Gasteiger partial charge in [-0.1, -0.05) is 12.1 Å². The lowest BCUT2D eigenvalue weighted by Crippen LogP contribution is -1.92. The molecule has 0 fully saturated rings. The summed E-state index contributed by atoms with van der Waals surface area (Å²) in [6.07, 6.45) is 7.93. The molecule has 32 heavy (non-hydrogen) atoms. The topological polar surface area (TPSA) is 96.0 Å². The van der Waals surface area contributed by atoms with Gasteiger partial charge in [-0.15, -0.1) is 0 Å². The van der Waals surface area contributed by atoms with Crippen LogP contribution in [0.15, 0.2) is 67.4 Å². The van der Waals surface area contributed by atoms with Crippen molar-refractivity contribution in [2.24, 2.45) is 0 Å². The molecule has 0 spiro atoms. The van der Waals surface area contributed by atoms with Crippen molar-refractivity contribution in [1.82, 2.24) is 35.1 Å². The van der Waals surface area contributed by atoms with E-state index < -0.39 is 5.82 Å². The molecule has 1 aromatic carbocycles. The zero-order valence-electron chi connectivity index (χ0n) is 16.3. The predicted molar refractivity (Wildman–Crippen MR) is 115 cm³/mol. The van der Waals surface area contributed by atoms with Crippen LogP contribution in [-0.4, -0.2) is 35.1 Å². The number of fused-ring (bicyclic) bond motifs is 2. The lowest BCUT2D eigenvalue weighted by Gasteiger charge is -2.03. The molecule has 9 heteroatoms. The Morgan fingerprint density at radius 1 is 0.812 bits per heavy atom. The third kappa shape index (κ3) is 2.83. The first-order valence-corrected chi connectivity index (χ1v) is 9.72. The summed E-state index contributed by atoms with van der Waals surface area (Å²) in [6.45, 7) is 0. The highest BCUT2D eigenvalue weighted by molar-refractivity contribution is 5.97. The van der Waals surface area contributed by atoms with Gasteiger partial charge in [-0.05, 0) is 29.8 Å². The summed E-state index contributed by atoms with van der Waals surface area (Å²) < 4.78 is 29.3. The van der Waals surface area contributed by atoms with Crippen molar-refractivity contribution in [3.8, 4) is 33.9 Å². The first-order valence-electron chi connectivity index (χ1n) is 9.72. The van der Waals surface area contributed by atoms with Crippen LogP contribution >= 0.6 is 0 Å². The maximum Gasteiger partial charge on any atom is 0.161 e. The number of rotatable bonds is 3. The molecule has 0 saturated carbocycles. The van der Waals surface area contributed by atoms with Crippen molar-refractivity contribution in [2.45, 2.75) is 0 Å². The van der Waals surface area contributed by atoms with Crippen LogP contribution in [0.2, 0.25) is 0 Å². The Bertz CT molecular complexity index is 1610. The van der Waals surface area contributed by atoms with Gasteiger partial charge in [0.15, 0.2) is 11.6 Å². The van der Waals surface area contributed by atoms with Gasteiger partial charge in [0, 0.05) is 29.7 Å². The number of nitrogens with zero attached hydrogens (tertiary/aromatic N) is 5. The van der Waals surface area contributed by atoms with Gasteiger partial charge in [0.2, 0.25) is 0 Å². The summed E-state index contributed by atoms with van der Waals surface area (Å²) in [5.41, 5.74) is 3.98. The standard InChI is InChI=1S/C23H13F2N7/c24-14-5-1-3-12(7-14)15-9-27-10-17-21(15)30-23(29-17)22-18-16(31-32-22)11-28-20(19(18)25)13-4-2-6-26-8-13/h1-11H,(H,29,30)(H,31,32). The number of imidazole rings is 1. The number of nitrogens with one attached hydrogen (secondary N) is 2. The summed E-state index contributed by atoms with van der Waals surface area (Å²) in [6, 6.07) is 9.66. The summed E-state index contributed by atoms with van der Waals surface area (Å²) >= 11 is 0. The lowest BCUT2D eigenvalue weighted by atomic mass is 10.1. The van der Waals surface area contributed by atoms with E-state index in [9.17, 15) is 4.39 Å². The van der Waals surface area contributed by atoms with Crippen molar-refractivity contribution in [2.75, 3.05) is 0 Å². The molecule has 0 aliphatic heterocycles. The molecule has 6 rings (SSSR count). The third-order valence-electron chi connectivity index (χ3n) is 5.23. The lowest BCUT2D eigenvalue weighted by molar-refractivity contribution is 0.628. The molecular formula is C23H13F2N7. The van der Waals surface area contributed by atoms with E-state index in [-0.39, 0.29) is 16.9 Å². The van der Waals surface area contributed by atoms with E-state index in [4.69, 9.17) is 0 Å². The van der Waals surface area contributed by atoms with E-state index >= 15 is 4.39 Å². The van der Waals surface area contributed by atoms with E-state index in [1.165, 1.54) is 18.3 Å². The fourth-order valence-corrected chi connectivity index (χ4v) is 3.76. The van der Waals surface area contributed by atoms with Crippen LogP contribution in [0.25, 0.3) is 55.8 Å². The number of hydrogen-bond donors (Lipinski definition) is 2. The molecule has 5 aromatic heterocycles. The van der Waals surface area contributed by atoms with Gasteiger partial charge in [-0.25, -0.2) is 13.8 Å². The third-order valence-corrected chi connectivity index (χ3v) is 5.23. The summed E-state index contributed by atoms with van der Waals surface area (Å²) in [4.78, 5) is 20.3. The first-order chi connectivity index (χ1) is 15.7. The Morgan fingerprint density at radius 3 is 2.56 bits per heavy atom. The number of halogens is 2. The van der Waals surface area contributed by atoms with Crippen LogP contribution in [0.3, 0.4) is 0 Å². The van der Waals surface area contributed by atoms with Crippen LogP contribution in [0, 0.1) is 11.6 Å². The van der Waals surface area contributed by atoms with Gasteiger partial charge < -0.3 is 4.98 Å². The molecule has 2 N–H and O–H groups in total. The molecule has 154 valence electrons. The normalized spacial score (nSPS) is 11.4. The smallest absolute Gasteiger partial charge is 0.161 e. The van der Waals surface area contributed by atoms with Gasteiger partial charge in [-0.2, -0.15) is 5.10 Å². The van der Waals surface area contributed by atoms with Crippen molar-refractivity contribution < 1.29 is 8.78 Å². The zero-order chi connectivity index (χ0) is 21.7. The number of pyridine rings is 3. The minimum absolute atomic E-state index is 0.173. The molecule has 0 amide bonds. The SMILES string of the molecule is Fc1cccc(-c2cncc3[nH]c(-c4n[nH]c5cnc(-c6cccnc6)c(F)c45)nc23)c1. The second-order valence-corrected chi connectivity index (χ2v) is 7.20. The fraction of sp³-hybridized carbons (Fsp3) is 0. The van der Waals surface area contributed by atoms with Crippen molar-refractivity contribution >= 4 is 21.9 Å². The van der Waals surface area contributed by atoms with Gasteiger partial charge in [0.1, 0.15) is 17.2 Å². The van der Waals surface area contributed by atoms with E-state index in [0.29, 0.717) is 44.8 Å². The Labute approximate surface area is 179 Å². The number of hydrogen-bond acceptors (Lipinski definition) is 5. The number of aromatic amines is 2. The molecule has 0 atom stereocenters. The van der Waals surface area contributed by atoms with E-state index in [1.807, 2.05) is 0 Å². The Hall–Kier alpha value is -4.53. The van der Waals surface area contributed by atoms with Gasteiger partial charge in [0.05, 0.1) is 34.3 Å². The largest absolute Gasteiger partial charge is 0.335 e. The summed E-state index contributed by atoms with van der Waals surface area (Å²) in [7, 11) is 0. The van der Waals surface area contributed by atoms with Crippen molar-refractivity contribution in [1.29, 1.82) is 0 Å². The molecule has 7 nitrogen and oxygen atoms in total. The fourth-order valence-electron chi connectivity index (χ4n) is 3.76. The Kier molecular flexibility index (Phi) is 4.00. The van der Waals surface area contributed by atoms with Crippen LogP contribution in [-0.2, 0) is 0 Å². The number of benzene rings is 1. The highest BCUT2D eigenvalue weighted by Gasteiger charge is 2.21. The molecule has 0 bridgehead atoms. The van der Waals surface area contributed by atoms with Crippen LogP contribution in [0.4, 0.5) is 8.78 Å². The molecule has 6 aromatic rings. The summed E-state index contributed by atoms with van der Waals surface area (Å²) in [5, 5.41) is 7.35. The highest BCUT2D eigenvalue weighted by atomic mass is 19.1. The predicted octanol–water partition coefficient (Wildman–Crippen LogP) is 4.90. The maximum absolute atomic E-state index is 15.5. The van der Waals surface area contributed by atoms with Crippen molar-refractivity contribution in [3.63, 3.8) is 0 Å². The van der Waals surface area contributed by atoms with Crippen LogP contribution in [0.5, 0.6) is 0 Å². The van der Waals surface area contributed by atoms with E-state index in [0.717, 1.165) is 0 Å². The molecular weight excluding hydrogens is 412 g/mol. The second kappa shape index (κ2) is 7.02. The second-order valence-electron chi connectivity index (χ2n) is 7.20. The number of aromatic nitrogens is 7. The average molecular weight is 425 g/mol. The molecule has 0 unspecified atom stereocenters. The molecule has 5 heterocycles. The minimum atomic E-state index is -0.525. The van der Waals surface area contributed by atoms with Gasteiger partial charge in [-0.3, -0.25) is 20.1 Å². The minimum Gasteiger partial charge on any atom is -0.335 e. The zero-order valence-corrected chi connectivity index (χ0v) is 16.3. The maximum atomic E-state index is 15.5. The Morgan fingerprint density at radius 2 is 1.72 bits per heavy atom. The van der Waals surface area contributed by atoms with Gasteiger partial charge in [0.25, 0.3) is 0 Å². The first kappa shape index (κ1) is 18.3. The molecule has 0 aliphatic rings. The monoisotopic (exact) mass is 425 g/mol. The Balaban J connectivity index is 1.55. The van der Waals surface area contributed by atoms with Crippen LogP contribution in [0.1, 0.15) is 0 Å². The van der Waals surface area contributed by atoms with Crippen LogP contribution < -0.4 is 0 Å². The summed E-state index contributed by atoms with van der Waals surface area (Å²) in [5.74, 6) is -0.520. The molecule has 0 aliphatic carbocycles. The van der Waals surface area contributed by atoms with E-state index in [2.05, 4.69) is 35.1 Å². The van der Waals surface area contributed by atoms with E-state index in [1.54, 1.807) is 49.1 Å². The quantitative estimate of drug-likeness (QED) is 0.420. The highest BCUT2D eigenvalue weighted by Crippen LogP contribution is 2.34.